The van der Waals surface area contributed by atoms with Gasteiger partial charge in [0.25, 0.3) is 0 Å². The minimum Gasteiger partial charge on any atom is -0.308 e. The van der Waals surface area contributed by atoms with Gasteiger partial charge in [-0.25, -0.2) is 0 Å². The van der Waals surface area contributed by atoms with E-state index in [1.165, 1.54) is 11.1 Å². The van der Waals surface area contributed by atoms with Gasteiger partial charge in [-0.1, -0.05) is 22.0 Å². The first-order valence-electron chi connectivity index (χ1n) is 4.84. The van der Waals surface area contributed by atoms with Gasteiger partial charge in [0.1, 0.15) is 0 Å². The fourth-order valence-corrected chi connectivity index (χ4v) is 1.75. The maximum absolute atomic E-state index is 3.49. The summed E-state index contributed by atoms with van der Waals surface area (Å²) in [7, 11) is 1.94. The molecule has 2 nitrogen and oxygen atoms in total. The molecule has 0 heterocycles. The number of hydrogen-bond acceptors (Lipinski definition) is 2. The van der Waals surface area contributed by atoms with Crippen LogP contribution < -0.4 is 10.6 Å². The van der Waals surface area contributed by atoms with Crippen LogP contribution in [-0.2, 0) is 6.42 Å². The van der Waals surface area contributed by atoms with E-state index in [9.17, 15) is 0 Å². The zero-order valence-electron chi connectivity index (χ0n) is 8.73. The Labute approximate surface area is 94.2 Å². The summed E-state index contributed by atoms with van der Waals surface area (Å²) in [6.07, 6.45) is 1.08. The number of hydrogen-bond donors (Lipinski definition) is 2. The van der Waals surface area contributed by atoms with Gasteiger partial charge in [-0.2, -0.15) is 0 Å². The van der Waals surface area contributed by atoms with Gasteiger partial charge in [-0.3, -0.25) is 0 Å². The molecule has 0 atom stereocenters. The fraction of sp³-hybridized carbons (Fsp3) is 0.455. The van der Waals surface area contributed by atoms with Crippen molar-refractivity contribution in [3.8, 4) is 0 Å². The maximum Gasteiger partial charge on any atom is 0.0451 e. The first kappa shape index (κ1) is 11.7. The Kier molecular flexibility index (Phi) is 5.15. The first-order chi connectivity index (χ1) is 6.74. The van der Waals surface area contributed by atoms with Gasteiger partial charge in [-0.05, 0) is 43.7 Å². The molecule has 0 aromatic heterocycles. The van der Waals surface area contributed by atoms with Crippen LogP contribution in [0, 0.1) is 6.92 Å². The normalized spacial score (nSPS) is 10.5. The molecule has 0 radical (unpaired) electrons. The van der Waals surface area contributed by atoms with Crippen molar-refractivity contribution in [1.29, 1.82) is 0 Å². The van der Waals surface area contributed by atoms with E-state index in [2.05, 4.69) is 51.7 Å². The summed E-state index contributed by atoms with van der Waals surface area (Å²) in [4.78, 5) is 0. The smallest absolute Gasteiger partial charge is 0.0451 e. The second-order valence-electron chi connectivity index (χ2n) is 3.35. The molecule has 0 aliphatic rings. The largest absolute Gasteiger partial charge is 0.308 e. The highest BCUT2D eigenvalue weighted by molar-refractivity contribution is 9.10. The Morgan fingerprint density at radius 3 is 2.86 bits per heavy atom. The van der Waals surface area contributed by atoms with E-state index in [0.29, 0.717) is 0 Å². The maximum atomic E-state index is 3.49. The molecular formula is C11H17BrN2. The summed E-state index contributed by atoms with van der Waals surface area (Å²) in [5, 5.41) is 6.36. The molecule has 2 N–H and O–H groups in total. The molecule has 1 aromatic carbocycles. The number of rotatable bonds is 5. The van der Waals surface area contributed by atoms with E-state index >= 15 is 0 Å². The molecule has 0 aliphatic carbocycles. The Bertz CT molecular complexity index is 287. The van der Waals surface area contributed by atoms with Crippen LogP contribution in [0.25, 0.3) is 0 Å². The molecule has 0 unspecified atom stereocenters. The van der Waals surface area contributed by atoms with Crippen LogP contribution in [-0.4, -0.2) is 20.3 Å². The quantitative estimate of drug-likeness (QED) is 0.623. The van der Waals surface area contributed by atoms with Crippen molar-refractivity contribution < 1.29 is 0 Å². The van der Waals surface area contributed by atoms with E-state index in [4.69, 9.17) is 0 Å². The lowest BCUT2D eigenvalue weighted by atomic mass is 10.1. The minimum atomic E-state index is 0.868. The van der Waals surface area contributed by atoms with E-state index in [1.807, 2.05) is 7.05 Å². The van der Waals surface area contributed by atoms with Crippen LogP contribution in [0.4, 0.5) is 0 Å². The van der Waals surface area contributed by atoms with Crippen molar-refractivity contribution in [2.24, 2.45) is 0 Å². The highest BCUT2D eigenvalue weighted by Crippen LogP contribution is 2.16. The number of benzene rings is 1. The Morgan fingerprint density at radius 1 is 1.36 bits per heavy atom. The Hall–Kier alpha value is -0.380. The highest BCUT2D eigenvalue weighted by Gasteiger charge is 1.98. The second kappa shape index (κ2) is 6.17. The van der Waals surface area contributed by atoms with Gasteiger partial charge in [0, 0.05) is 17.7 Å². The predicted molar refractivity (Wildman–Crippen MR) is 64.5 cm³/mol. The van der Waals surface area contributed by atoms with Gasteiger partial charge in [0.05, 0.1) is 0 Å². The van der Waals surface area contributed by atoms with Gasteiger partial charge in [0.15, 0.2) is 0 Å². The summed E-state index contributed by atoms with van der Waals surface area (Å²) in [6.45, 7) is 4.03. The molecule has 0 aliphatic heterocycles. The molecule has 0 amide bonds. The van der Waals surface area contributed by atoms with E-state index in [-0.39, 0.29) is 0 Å². The number of halogens is 1. The fourth-order valence-electron chi connectivity index (χ4n) is 1.35. The lowest BCUT2D eigenvalue weighted by Gasteiger charge is -2.07. The average molecular weight is 257 g/mol. The minimum absolute atomic E-state index is 0.868. The van der Waals surface area contributed by atoms with Crippen molar-refractivity contribution in [2.75, 3.05) is 20.3 Å². The Balaban J connectivity index is 2.45. The third-order valence-corrected chi connectivity index (χ3v) is 2.68. The topological polar surface area (TPSA) is 24.1 Å². The van der Waals surface area contributed by atoms with Crippen molar-refractivity contribution >= 4 is 15.9 Å². The molecule has 0 saturated heterocycles. The molecule has 0 fully saturated rings. The molecular weight excluding hydrogens is 240 g/mol. The van der Waals surface area contributed by atoms with Crippen LogP contribution in [0.2, 0.25) is 0 Å². The Morgan fingerprint density at radius 2 is 2.14 bits per heavy atom. The van der Waals surface area contributed by atoms with Gasteiger partial charge in [0.2, 0.25) is 0 Å². The van der Waals surface area contributed by atoms with Crippen LogP contribution in [0.15, 0.2) is 22.7 Å². The average Bonchev–Trinajstić information content (AvgIpc) is 2.18. The molecule has 1 rings (SSSR count). The molecule has 0 saturated carbocycles. The van der Waals surface area contributed by atoms with Crippen LogP contribution >= 0.6 is 15.9 Å². The van der Waals surface area contributed by atoms with Gasteiger partial charge in [-0.15, -0.1) is 0 Å². The third-order valence-electron chi connectivity index (χ3n) is 2.18. The van der Waals surface area contributed by atoms with Crippen molar-refractivity contribution in [2.45, 2.75) is 13.3 Å². The zero-order valence-corrected chi connectivity index (χ0v) is 10.3. The van der Waals surface area contributed by atoms with Crippen molar-refractivity contribution in [3.63, 3.8) is 0 Å². The summed E-state index contributed by atoms with van der Waals surface area (Å²) in [5.41, 5.74) is 2.77. The molecule has 78 valence electrons. The lowest BCUT2D eigenvalue weighted by molar-refractivity contribution is 0.630. The summed E-state index contributed by atoms with van der Waals surface area (Å²) >= 11 is 3.49. The van der Waals surface area contributed by atoms with Gasteiger partial charge >= 0.3 is 0 Å². The van der Waals surface area contributed by atoms with Crippen LogP contribution in [0.3, 0.4) is 0 Å². The van der Waals surface area contributed by atoms with E-state index in [1.54, 1.807) is 0 Å². The molecule has 0 spiro atoms. The highest BCUT2D eigenvalue weighted by atomic mass is 79.9. The molecule has 1 aromatic rings. The summed E-state index contributed by atoms with van der Waals surface area (Å²) < 4.78 is 1.16. The van der Waals surface area contributed by atoms with E-state index in [0.717, 1.165) is 24.1 Å². The summed E-state index contributed by atoms with van der Waals surface area (Å²) in [5.74, 6) is 0. The van der Waals surface area contributed by atoms with Gasteiger partial charge < -0.3 is 10.6 Å². The SMILES string of the molecule is CNCNCCc1cc(Br)ccc1C. The van der Waals surface area contributed by atoms with E-state index < -0.39 is 0 Å². The summed E-state index contributed by atoms with van der Waals surface area (Å²) in [6, 6.07) is 6.42. The van der Waals surface area contributed by atoms with Crippen molar-refractivity contribution in [3.05, 3.63) is 33.8 Å². The lowest BCUT2D eigenvalue weighted by Crippen LogP contribution is -2.27. The standard InChI is InChI=1S/C11H17BrN2/c1-9-3-4-11(12)7-10(9)5-6-14-8-13-2/h3-4,7,13-14H,5-6,8H2,1-2H3. The number of aryl methyl sites for hydroxylation is 1. The first-order valence-corrected chi connectivity index (χ1v) is 5.63. The predicted octanol–water partition coefficient (Wildman–Crippen LogP) is 2.07. The molecule has 14 heavy (non-hydrogen) atoms. The number of nitrogens with one attached hydrogen (secondary N) is 2. The van der Waals surface area contributed by atoms with Crippen LogP contribution in [0.5, 0.6) is 0 Å². The van der Waals surface area contributed by atoms with Crippen molar-refractivity contribution in [1.82, 2.24) is 10.6 Å². The monoisotopic (exact) mass is 256 g/mol. The third kappa shape index (κ3) is 3.78. The van der Waals surface area contributed by atoms with Crippen LogP contribution in [0.1, 0.15) is 11.1 Å². The zero-order chi connectivity index (χ0) is 10.4. The molecule has 0 bridgehead atoms. The molecule has 3 heteroatoms. The second-order valence-corrected chi connectivity index (χ2v) is 4.27.